The highest BCUT2D eigenvalue weighted by molar-refractivity contribution is 5.75. The molecule has 1 atom stereocenters. The monoisotopic (exact) mass is 270 g/mol. The average Bonchev–Trinajstić information content (AvgIpc) is 2.51. The van der Waals surface area contributed by atoms with E-state index in [1.807, 2.05) is 18.7 Å². The van der Waals surface area contributed by atoms with E-state index in [1.54, 1.807) is 0 Å². The number of carboxylic acids is 1. The van der Waals surface area contributed by atoms with E-state index in [0.29, 0.717) is 6.42 Å². The Morgan fingerprint density at radius 3 is 2.63 bits per heavy atom. The van der Waals surface area contributed by atoms with Crippen LogP contribution in [0.2, 0.25) is 0 Å². The number of urea groups is 1. The third-order valence-electron chi connectivity index (χ3n) is 3.72. The lowest BCUT2D eigenvalue weighted by atomic mass is 9.98. The lowest BCUT2D eigenvalue weighted by molar-refractivity contribution is -0.137. The molecule has 0 radical (unpaired) electrons. The Morgan fingerprint density at radius 2 is 2.00 bits per heavy atom. The molecule has 2 amide bonds. The fourth-order valence-electron chi connectivity index (χ4n) is 2.42. The number of rotatable bonds is 4. The van der Waals surface area contributed by atoms with E-state index in [-0.39, 0.29) is 18.5 Å². The molecule has 0 aliphatic carbocycles. The number of nitrogens with one attached hydrogen (secondary N) is 1. The fourth-order valence-corrected chi connectivity index (χ4v) is 2.42. The van der Waals surface area contributed by atoms with Crippen LogP contribution < -0.4 is 5.32 Å². The third-order valence-corrected chi connectivity index (χ3v) is 3.72. The van der Waals surface area contributed by atoms with Crippen LogP contribution in [-0.4, -0.2) is 40.1 Å². The topological polar surface area (TPSA) is 69.6 Å². The van der Waals surface area contributed by atoms with Crippen molar-refractivity contribution in [2.24, 2.45) is 0 Å². The smallest absolute Gasteiger partial charge is 0.318 e. The molecular weight excluding hydrogens is 244 g/mol. The Bertz CT molecular complexity index is 329. The number of aliphatic carboxylic acids is 1. The van der Waals surface area contributed by atoms with Gasteiger partial charge in [0.05, 0.1) is 0 Å². The van der Waals surface area contributed by atoms with Gasteiger partial charge >= 0.3 is 12.0 Å². The highest BCUT2D eigenvalue weighted by Gasteiger charge is 2.27. The van der Waals surface area contributed by atoms with Gasteiger partial charge in [-0.15, -0.1) is 0 Å². The first-order valence-electron chi connectivity index (χ1n) is 7.12. The van der Waals surface area contributed by atoms with E-state index in [0.717, 1.165) is 19.4 Å². The zero-order chi connectivity index (χ0) is 14.5. The van der Waals surface area contributed by atoms with Gasteiger partial charge in [-0.2, -0.15) is 0 Å². The van der Waals surface area contributed by atoms with E-state index in [1.165, 1.54) is 12.8 Å². The summed E-state index contributed by atoms with van der Waals surface area (Å²) in [4.78, 5) is 24.8. The van der Waals surface area contributed by atoms with Gasteiger partial charge in [0.15, 0.2) is 0 Å². The molecule has 1 fully saturated rings. The molecule has 0 spiro atoms. The molecule has 0 aromatic rings. The minimum Gasteiger partial charge on any atom is -0.481 e. The molecule has 5 nitrogen and oxygen atoms in total. The Kier molecular flexibility index (Phi) is 5.63. The molecule has 1 unspecified atom stereocenters. The summed E-state index contributed by atoms with van der Waals surface area (Å²) in [6.07, 6.45) is 4.96. The molecule has 19 heavy (non-hydrogen) atoms. The van der Waals surface area contributed by atoms with Gasteiger partial charge < -0.3 is 15.3 Å². The molecule has 0 aromatic carbocycles. The van der Waals surface area contributed by atoms with Crippen LogP contribution in [0.15, 0.2) is 0 Å². The Hall–Kier alpha value is -1.26. The quantitative estimate of drug-likeness (QED) is 0.825. The van der Waals surface area contributed by atoms with Crippen LogP contribution in [0.4, 0.5) is 4.79 Å². The second-order valence-electron chi connectivity index (χ2n) is 6.10. The molecule has 110 valence electrons. The van der Waals surface area contributed by atoms with Gasteiger partial charge in [-0.3, -0.25) is 4.79 Å². The maximum atomic E-state index is 12.3. The summed E-state index contributed by atoms with van der Waals surface area (Å²) in [6.45, 7) is 6.61. The lowest BCUT2D eigenvalue weighted by Crippen LogP contribution is -2.52. The lowest BCUT2D eigenvalue weighted by Gasteiger charge is -2.33. The van der Waals surface area contributed by atoms with E-state index in [9.17, 15) is 9.59 Å². The minimum absolute atomic E-state index is 0.0650. The van der Waals surface area contributed by atoms with Gasteiger partial charge in [0, 0.05) is 24.5 Å². The van der Waals surface area contributed by atoms with Crippen molar-refractivity contribution >= 4 is 12.0 Å². The molecule has 0 aromatic heterocycles. The molecule has 5 heteroatoms. The van der Waals surface area contributed by atoms with Crippen LogP contribution in [0, 0.1) is 0 Å². The summed E-state index contributed by atoms with van der Waals surface area (Å²) in [7, 11) is 0. The predicted octanol–water partition coefficient (Wildman–Crippen LogP) is 2.60. The van der Waals surface area contributed by atoms with Gasteiger partial charge in [-0.1, -0.05) is 12.8 Å². The number of hydrogen-bond donors (Lipinski definition) is 2. The summed E-state index contributed by atoms with van der Waals surface area (Å²) in [5, 5.41) is 11.7. The third kappa shape index (κ3) is 5.49. The van der Waals surface area contributed by atoms with Crippen molar-refractivity contribution in [2.75, 3.05) is 6.54 Å². The SMILES string of the molecule is CC1CCCCCN1C(=O)NC(C)(C)CCC(=O)O. The molecule has 1 aliphatic heterocycles. The number of hydrogen-bond acceptors (Lipinski definition) is 2. The molecule has 1 aliphatic rings. The number of carboxylic acid groups (broad SMARTS) is 1. The molecule has 0 bridgehead atoms. The van der Waals surface area contributed by atoms with Crippen molar-refractivity contribution in [3.8, 4) is 0 Å². The Balaban J connectivity index is 2.54. The number of nitrogens with zero attached hydrogens (tertiary/aromatic N) is 1. The van der Waals surface area contributed by atoms with Crippen LogP contribution in [-0.2, 0) is 4.79 Å². The van der Waals surface area contributed by atoms with Crippen molar-refractivity contribution in [1.82, 2.24) is 10.2 Å². The molecule has 2 N–H and O–H groups in total. The molecule has 0 saturated carbocycles. The van der Waals surface area contributed by atoms with Crippen LogP contribution in [0.1, 0.15) is 59.3 Å². The Morgan fingerprint density at radius 1 is 1.32 bits per heavy atom. The number of amides is 2. The maximum absolute atomic E-state index is 12.3. The molecule has 1 heterocycles. The van der Waals surface area contributed by atoms with Crippen LogP contribution in [0.5, 0.6) is 0 Å². The second kappa shape index (κ2) is 6.78. The standard InChI is InChI=1S/C14H26N2O3/c1-11-7-5-4-6-10-16(11)13(19)15-14(2,3)9-8-12(17)18/h11H,4-10H2,1-3H3,(H,15,19)(H,17,18). The van der Waals surface area contributed by atoms with Crippen LogP contribution >= 0.6 is 0 Å². The molecule has 1 saturated heterocycles. The van der Waals surface area contributed by atoms with Crippen molar-refractivity contribution in [3.05, 3.63) is 0 Å². The first-order chi connectivity index (χ1) is 8.82. The zero-order valence-corrected chi connectivity index (χ0v) is 12.2. The van der Waals surface area contributed by atoms with Crippen molar-refractivity contribution < 1.29 is 14.7 Å². The van der Waals surface area contributed by atoms with Gasteiger partial charge in [0.1, 0.15) is 0 Å². The first-order valence-corrected chi connectivity index (χ1v) is 7.12. The van der Waals surface area contributed by atoms with E-state index < -0.39 is 11.5 Å². The summed E-state index contributed by atoms with van der Waals surface area (Å²) in [6, 6.07) is 0.197. The predicted molar refractivity (Wildman–Crippen MR) is 74.1 cm³/mol. The zero-order valence-electron chi connectivity index (χ0n) is 12.2. The van der Waals surface area contributed by atoms with E-state index in [4.69, 9.17) is 5.11 Å². The van der Waals surface area contributed by atoms with Gasteiger partial charge in [0.25, 0.3) is 0 Å². The van der Waals surface area contributed by atoms with Crippen molar-refractivity contribution in [1.29, 1.82) is 0 Å². The largest absolute Gasteiger partial charge is 0.481 e. The summed E-state index contributed by atoms with van der Waals surface area (Å²) in [5.74, 6) is -0.828. The van der Waals surface area contributed by atoms with Gasteiger partial charge in [-0.05, 0) is 40.0 Å². The highest BCUT2D eigenvalue weighted by atomic mass is 16.4. The number of carbonyl (C=O) groups is 2. The van der Waals surface area contributed by atoms with Crippen molar-refractivity contribution in [3.63, 3.8) is 0 Å². The first kappa shape index (κ1) is 15.8. The van der Waals surface area contributed by atoms with E-state index >= 15 is 0 Å². The average molecular weight is 270 g/mol. The van der Waals surface area contributed by atoms with Gasteiger partial charge in [0.2, 0.25) is 0 Å². The molecular formula is C14H26N2O3. The van der Waals surface area contributed by atoms with Crippen LogP contribution in [0.25, 0.3) is 0 Å². The molecule has 1 rings (SSSR count). The summed E-state index contributed by atoms with van der Waals surface area (Å²) < 4.78 is 0. The number of likely N-dealkylation sites (tertiary alicyclic amines) is 1. The highest BCUT2D eigenvalue weighted by Crippen LogP contribution is 2.18. The van der Waals surface area contributed by atoms with Crippen molar-refractivity contribution in [2.45, 2.75) is 70.9 Å². The fraction of sp³-hybridized carbons (Fsp3) is 0.857. The summed E-state index contributed by atoms with van der Waals surface area (Å²) >= 11 is 0. The summed E-state index contributed by atoms with van der Waals surface area (Å²) in [5.41, 5.74) is -0.485. The second-order valence-corrected chi connectivity index (χ2v) is 6.10. The minimum atomic E-state index is -0.828. The normalized spacial score (nSPS) is 20.8. The van der Waals surface area contributed by atoms with Crippen LogP contribution in [0.3, 0.4) is 0 Å². The number of carbonyl (C=O) groups excluding carboxylic acids is 1. The Labute approximate surface area is 115 Å². The van der Waals surface area contributed by atoms with E-state index in [2.05, 4.69) is 12.2 Å². The van der Waals surface area contributed by atoms with Gasteiger partial charge in [-0.25, -0.2) is 4.79 Å². The maximum Gasteiger partial charge on any atom is 0.318 e.